The molecule has 1 aromatic carbocycles. The van der Waals surface area contributed by atoms with E-state index >= 15 is 0 Å². The summed E-state index contributed by atoms with van der Waals surface area (Å²) in [5.74, 6) is -1.05. The third-order valence-electron chi connectivity index (χ3n) is 4.38. The fourth-order valence-corrected chi connectivity index (χ4v) is 3.01. The summed E-state index contributed by atoms with van der Waals surface area (Å²) >= 11 is 0. The van der Waals surface area contributed by atoms with Crippen LogP contribution >= 0.6 is 0 Å². The van der Waals surface area contributed by atoms with Gasteiger partial charge in [0.25, 0.3) is 0 Å². The van der Waals surface area contributed by atoms with Crippen LogP contribution in [-0.2, 0) is 6.42 Å². The normalized spacial score (nSPS) is 13.6. The summed E-state index contributed by atoms with van der Waals surface area (Å²) in [7, 11) is 0. The molecule has 2 aromatic heterocycles. The zero-order valence-electron chi connectivity index (χ0n) is 14.8. The van der Waals surface area contributed by atoms with Crippen molar-refractivity contribution in [2.75, 3.05) is 11.9 Å². The van der Waals surface area contributed by atoms with Crippen molar-refractivity contribution < 1.29 is 19.4 Å². The highest BCUT2D eigenvalue weighted by Gasteiger charge is 2.25. The summed E-state index contributed by atoms with van der Waals surface area (Å²) in [6, 6.07) is 13.4. The van der Waals surface area contributed by atoms with E-state index in [0.717, 1.165) is 11.1 Å². The summed E-state index contributed by atoms with van der Waals surface area (Å²) in [4.78, 5) is 20.0. The molecule has 0 saturated carbocycles. The predicted octanol–water partition coefficient (Wildman–Crippen LogP) is 3.99. The number of hydrogen-bond donors (Lipinski definition) is 3. The Balaban J connectivity index is 1.60. The molecular weight excluding hydrogens is 358 g/mol. The zero-order chi connectivity index (χ0) is 19.5. The Hall–Kier alpha value is -3.87. The lowest BCUT2D eigenvalue weighted by Gasteiger charge is -2.04. The zero-order valence-corrected chi connectivity index (χ0v) is 14.8. The number of fused-ring (bicyclic) bond motifs is 1. The van der Waals surface area contributed by atoms with Crippen LogP contribution in [-0.4, -0.2) is 33.9 Å². The summed E-state index contributed by atoms with van der Waals surface area (Å²) in [6.07, 6.45) is 5.48. The molecule has 3 heterocycles. The van der Waals surface area contributed by atoms with Crippen LogP contribution < -0.4 is 5.32 Å². The number of furan rings is 1. The molecule has 0 unspecified atom stereocenters. The number of hydrogen-bond acceptors (Lipinski definition) is 6. The van der Waals surface area contributed by atoms with Crippen LogP contribution in [0.5, 0.6) is 5.75 Å². The first kappa shape index (κ1) is 17.5. The molecule has 28 heavy (non-hydrogen) atoms. The van der Waals surface area contributed by atoms with Crippen molar-refractivity contribution in [2.24, 2.45) is 4.99 Å². The second-order valence-corrected chi connectivity index (χ2v) is 6.22. The van der Waals surface area contributed by atoms with Crippen LogP contribution in [0, 0.1) is 0 Å². The molecule has 3 N–H and O–H groups in total. The molecule has 1 aliphatic rings. The summed E-state index contributed by atoms with van der Waals surface area (Å²) in [5, 5.41) is 22.8. The second-order valence-electron chi connectivity index (χ2n) is 6.22. The number of carboxylic acid groups (broad SMARTS) is 1. The van der Waals surface area contributed by atoms with E-state index < -0.39 is 11.7 Å². The number of carbonyl (C=O) groups is 1. The van der Waals surface area contributed by atoms with E-state index in [-0.39, 0.29) is 17.2 Å². The monoisotopic (exact) mass is 375 g/mol. The maximum absolute atomic E-state index is 11.6. The molecule has 0 amide bonds. The number of benzene rings is 1. The van der Waals surface area contributed by atoms with Crippen LogP contribution in [0.3, 0.4) is 0 Å². The van der Waals surface area contributed by atoms with E-state index in [4.69, 9.17) is 4.42 Å². The van der Waals surface area contributed by atoms with E-state index in [2.05, 4.69) is 15.3 Å². The maximum Gasteiger partial charge on any atom is 0.345 e. The third-order valence-corrected chi connectivity index (χ3v) is 4.38. The van der Waals surface area contributed by atoms with E-state index in [1.165, 1.54) is 0 Å². The summed E-state index contributed by atoms with van der Waals surface area (Å²) in [5.41, 5.74) is 2.28. The van der Waals surface area contributed by atoms with Gasteiger partial charge in [0.05, 0.1) is 0 Å². The van der Waals surface area contributed by atoms with Gasteiger partial charge in [0.2, 0.25) is 5.88 Å². The number of nitrogens with zero attached hydrogens (tertiary/aromatic N) is 2. The van der Waals surface area contributed by atoms with Gasteiger partial charge in [-0.15, -0.1) is 0 Å². The van der Waals surface area contributed by atoms with Crippen molar-refractivity contribution in [3.63, 3.8) is 0 Å². The van der Waals surface area contributed by atoms with Crippen LogP contribution in [0.25, 0.3) is 11.6 Å². The van der Waals surface area contributed by atoms with Gasteiger partial charge in [-0.25, -0.2) is 14.8 Å². The molecular formula is C21H17N3O4. The van der Waals surface area contributed by atoms with Crippen molar-refractivity contribution in [3.05, 3.63) is 71.1 Å². The van der Waals surface area contributed by atoms with Crippen molar-refractivity contribution in [2.45, 2.75) is 6.42 Å². The number of aromatic carboxylic acids is 1. The van der Waals surface area contributed by atoms with E-state index in [9.17, 15) is 15.0 Å². The van der Waals surface area contributed by atoms with Gasteiger partial charge in [-0.3, -0.25) is 0 Å². The molecule has 7 heteroatoms. The highest BCUT2D eigenvalue weighted by atomic mass is 16.4. The van der Waals surface area contributed by atoms with Crippen LogP contribution in [0.4, 0.5) is 11.7 Å². The number of anilines is 1. The van der Waals surface area contributed by atoms with Gasteiger partial charge in [0, 0.05) is 30.1 Å². The average molecular weight is 375 g/mol. The molecule has 140 valence electrons. The molecule has 0 saturated heterocycles. The quantitative estimate of drug-likeness (QED) is 0.601. The molecule has 0 bridgehead atoms. The Morgan fingerprint density at radius 2 is 2.00 bits per heavy atom. The summed E-state index contributed by atoms with van der Waals surface area (Å²) in [6.45, 7) is 0.460. The Kier molecular flexibility index (Phi) is 4.63. The molecule has 0 fully saturated rings. The van der Waals surface area contributed by atoms with Gasteiger partial charge in [0.15, 0.2) is 22.9 Å². The van der Waals surface area contributed by atoms with Crippen molar-refractivity contribution in [3.8, 4) is 5.75 Å². The topological polar surface area (TPSA) is 108 Å². The molecule has 0 aliphatic carbocycles. The standard InChI is InChI=1S/C21H17N3O4/c25-18-16(11-14-12-24-19-15(14)7-4-9-22-19)28-20(17(18)21(26)27)23-10-8-13-5-2-1-3-6-13/h1-7,9,11-12,23,25H,8,10H2,(H,26,27)/b14-11+. The maximum atomic E-state index is 11.6. The van der Waals surface area contributed by atoms with Crippen molar-refractivity contribution in [1.82, 2.24) is 4.98 Å². The first-order chi connectivity index (χ1) is 13.6. The molecule has 0 spiro atoms. The average Bonchev–Trinajstić information content (AvgIpc) is 3.24. The minimum Gasteiger partial charge on any atom is -0.504 e. The number of pyridine rings is 1. The minimum atomic E-state index is -1.27. The number of aromatic hydroxyl groups is 1. The Morgan fingerprint density at radius 3 is 2.79 bits per heavy atom. The van der Waals surface area contributed by atoms with E-state index in [0.29, 0.717) is 24.4 Å². The third kappa shape index (κ3) is 3.37. The SMILES string of the molecule is O=C(O)c1c(NCCc2ccccc2)oc(/C=C2\C=Nc3ncccc32)c1O. The Morgan fingerprint density at radius 1 is 1.18 bits per heavy atom. The molecule has 3 aromatic rings. The second kappa shape index (κ2) is 7.40. The lowest BCUT2D eigenvalue weighted by atomic mass is 10.1. The van der Waals surface area contributed by atoms with Gasteiger partial charge < -0.3 is 19.9 Å². The molecule has 0 atom stereocenters. The minimum absolute atomic E-state index is 0.0223. The molecule has 1 aliphatic heterocycles. The van der Waals surface area contributed by atoms with Crippen LogP contribution in [0.15, 0.2) is 58.1 Å². The number of carboxylic acids is 1. The predicted molar refractivity (Wildman–Crippen MR) is 106 cm³/mol. The van der Waals surface area contributed by atoms with E-state index in [1.807, 2.05) is 36.4 Å². The number of aromatic nitrogens is 1. The van der Waals surface area contributed by atoms with Crippen LogP contribution in [0.1, 0.15) is 27.2 Å². The highest BCUT2D eigenvalue weighted by molar-refractivity contribution is 6.21. The molecule has 0 radical (unpaired) electrons. The highest BCUT2D eigenvalue weighted by Crippen LogP contribution is 2.37. The number of nitrogens with one attached hydrogen (secondary N) is 1. The van der Waals surface area contributed by atoms with Crippen LogP contribution in [0.2, 0.25) is 0 Å². The van der Waals surface area contributed by atoms with Gasteiger partial charge in [-0.05, 0) is 30.2 Å². The van der Waals surface area contributed by atoms with Gasteiger partial charge in [-0.2, -0.15) is 0 Å². The Bertz CT molecular complexity index is 1080. The molecule has 7 nitrogen and oxygen atoms in total. The fourth-order valence-electron chi connectivity index (χ4n) is 3.01. The van der Waals surface area contributed by atoms with E-state index in [1.54, 1.807) is 24.6 Å². The van der Waals surface area contributed by atoms with Crippen molar-refractivity contribution in [1.29, 1.82) is 0 Å². The largest absolute Gasteiger partial charge is 0.504 e. The fraction of sp³-hybridized carbons (Fsp3) is 0.0952. The van der Waals surface area contributed by atoms with Crippen molar-refractivity contribution >= 4 is 35.5 Å². The van der Waals surface area contributed by atoms with Gasteiger partial charge in [-0.1, -0.05) is 30.3 Å². The number of aliphatic imine (C=N–C) groups is 1. The van der Waals surface area contributed by atoms with Gasteiger partial charge >= 0.3 is 5.97 Å². The number of allylic oxidation sites excluding steroid dienone is 1. The smallest absolute Gasteiger partial charge is 0.345 e. The first-order valence-electron chi connectivity index (χ1n) is 8.71. The number of rotatable bonds is 6. The van der Waals surface area contributed by atoms with Gasteiger partial charge in [0.1, 0.15) is 0 Å². The lowest BCUT2D eigenvalue weighted by molar-refractivity contribution is 0.0694. The first-order valence-corrected chi connectivity index (χ1v) is 8.71. The summed E-state index contributed by atoms with van der Waals surface area (Å²) < 4.78 is 5.62. The molecule has 4 rings (SSSR count). The lowest BCUT2D eigenvalue weighted by Crippen LogP contribution is -2.07. The Labute approximate surface area is 160 Å².